The number of halogens is 3. The van der Waals surface area contributed by atoms with E-state index in [4.69, 9.17) is 0 Å². The van der Waals surface area contributed by atoms with E-state index < -0.39 is 12.4 Å². The number of nitrogens with zero attached hydrogens (tertiary/aromatic N) is 5. The Kier molecular flexibility index (Phi) is 4.01. The zero-order chi connectivity index (χ0) is 16.6. The average molecular weight is 324 g/mol. The molecule has 2 heterocycles. The van der Waals surface area contributed by atoms with E-state index >= 15 is 0 Å². The third-order valence-corrected chi connectivity index (χ3v) is 3.54. The number of aryl methyl sites for hydroxylation is 2. The van der Waals surface area contributed by atoms with Crippen molar-refractivity contribution in [1.82, 2.24) is 19.7 Å². The predicted molar refractivity (Wildman–Crippen MR) is 78.1 cm³/mol. The monoisotopic (exact) mass is 324 g/mol. The smallest absolute Gasteiger partial charge is 0.245 e. The van der Waals surface area contributed by atoms with E-state index in [1.54, 1.807) is 6.92 Å². The first-order chi connectivity index (χ1) is 11.0. The SMILES string of the molecule is Cc1nn(C)c(F)c1C=NNc1nc(C(F)F)cc(C2CC2)n1. The molecule has 2 aromatic heterocycles. The van der Waals surface area contributed by atoms with Crippen LogP contribution in [-0.2, 0) is 7.05 Å². The standard InChI is InChI=1S/C14H15F3N6/c1-7-9(13(17)23(2)22-7)6-18-21-14-19-10(8-3-4-8)5-11(20-14)12(15)16/h5-6,8,12H,3-4H2,1-2H3,(H,19,20,21). The summed E-state index contributed by atoms with van der Waals surface area (Å²) < 4.78 is 40.6. The zero-order valence-electron chi connectivity index (χ0n) is 12.6. The van der Waals surface area contributed by atoms with Crippen LogP contribution in [0.2, 0.25) is 0 Å². The maximum absolute atomic E-state index is 13.7. The highest BCUT2D eigenvalue weighted by molar-refractivity contribution is 5.81. The molecule has 2 aromatic rings. The number of hydrogen-bond donors (Lipinski definition) is 1. The van der Waals surface area contributed by atoms with E-state index in [1.165, 1.54) is 19.3 Å². The van der Waals surface area contributed by atoms with Crippen LogP contribution in [-0.4, -0.2) is 26.0 Å². The van der Waals surface area contributed by atoms with Gasteiger partial charge in [-0.05, 0) is 25.8 Å². The third kappa shape index (κ3) is 3.33. The minimum atomic E-state index is -2.68. The molecule has 0 aromatic carbocycles. The van der Waals surface area contributed by atoms with Gasteiger partial charge in [0.25, 0.3) is 6.43 Å². The third-order valence-electron chi connectivity index (χ3n) is 3.54. The summed E-state index contributed by atoms with van der Waals surface area (Å²) in [5.41, 5.74) is 3.41. The topological polar surface area (TPSA) is 68.0 Å². The van der Waals surface area contributed by atoms with Gasteiger partial charge < -0.3 is 0 Å². The Morgan fingerprint density at radius 3 is 2.70 bits per heavy atom. The molecule has 1 aliphatic rings. The molecule has 1 N–H and O–H groups in total. The molecule has 1 saturated carbocycles. The summed E-state index contributed by atoms with van der Waals surface area (Å²) in [7, 11) is 1.48. The highest BCUT2D eigenvalue weighted by atomic mass is 19.3. The molecule has 9 heteroatoms. The number of nitrogens with one attached hydrogen (secondary N) is 1. The summed E-state index contributed by atoms with van der Waals surface area (Å²) >= 11 is 0. The first-order valence-electron chi connectivity index (χ1n) is 7.11. The van der Waals surface area contributed by atoms with Gasteiger partial charge in [-0.2, -0.15) is 14.6 Å². The molecule has 0 amide bonds. The lowest BCUT2D eigenvalue weighted by Gasteiger charge is -2.06. The van der Waals surface area contributed by atoms with E-state index in [0.29, 0.717) is 11.4 Å². The van der Waals surface area contributed by atoms with Gasteiger partial charge in [0.15, 0.2) is 0 Å². The highest BCUT2D eigenvalue weighted by Crippen LogP contribution is 2.40. The van der Waals surface area contributed by atoms with Gasteiger partial charge in [-0.1, -0.05) is 0 Å². The number of hydrazone groups is 1. The van der Waals surface area contributed by atoms with Crippen molar-refractivity contribution in [2.24, 2.45) is 12.1 Å². The van der Waals surface area contributed by atoms with E-state index in [2.05, 4.69) is 25.6 Å². The number of anilines is 1. The van der Waals surface area contributed by atoms with E-state index in [-0.39, 0.29) is 23.1 Å². The molecule has 122 valence electrons. The van der Waals surface area contributed by atoms with Crippen molar-refractivity contribution in [3.63, 3.8) is 0 Å². The molecule has 0 unspecified atom stereocenters. The molecule has 0 saturated heterocycles. The van der Waals surface area contributed by atoms with Crippen molar-refractivity contribution < 1.29 is 13.2 Å². The van der Waals surface area contributed by atoms with Crippen molar-refractivity contribution >= 4 is 12.2 Å². The molecule has 1 fully saturated rings. The fraction of sp³-hybridized carbons (Fsp3) is 0.429. The minimum Gasteiger partial charge on any atom is -0.245 e. The number of alkyl halides is 2. The second kappa shape index (κ2) is 5.98. The summed E-state index contributed by atoms with van der Waals surface area (Å²) in [4.78, 5) is 7.90. The lowest BCUT2D eigenvalue weighted by molar-refractivity contribution is 0.146. The molecule has 0 spiro atoms. The molecular weight excluding hydrogens is 309 g/mol. The van der Waals surface area contributed by atoms with Crippen LogP contribution in [0.4, 0.5) is 19.1 Å². The van der Waals surface area contributed by atoms with Crippen molar-refractivity contribution in [2.45, 2.75) is 32.1 Å². The van der Waals surface area contributed by atoms with Crippen LogP contribution in [0.5, 0.6) is 0 Å². The molecule has 0 aliphatic heterocycles. The first kappa shape index (κ1) is 15.4. The largest absolute Gasteiger partial charge is 0.280 e. The second-order valence-electron chi connectivity index (χ2n) is 5.40. The van der Waals surface area contributed by atoms with Crippen LogP contribution < -0.4 is 5.43 Å². The number of rotatable bonds is 5. The summed E-state index contributed by atoms with van der Waals surface area (Å²) in [6.45, 7) is 1.64. The normalized spacial score (nSPS) is 14.9. The fourth-order valence-electron chi connectivity index (χ4n) is 2.18. The highest BCUT2D eigenvalue weighted by Gasteiger charge is 2.27. The Balaban J connectivity index is 1.80. The molecule has 0 bridgehead atoms. The Bertz CT molecular complexity index is 731. The van der Waals surface area contributed by atoms with Gasteiger partial charge in [-0.25, -0.2) is 28.9 Å². The van der Waals surface area contributed by atoms with Gasteiger partial charge in [0.2, 0.25) is 11.9 Å². The number of aromatic nitrogens is 4. The zero-order valence-corrected chi connectivity index (χ0v) is 12.6. The Labute approximate surface area is 130 Å². The summed E-state index contributed by atoms with van der Waals surface area (Å²) in [6.07, 6.45) is 0.413. The van der Waals surface area contributed by atoms with Crippen molar-refractivity contribution in [2.75, 3.05) is 5.43 Å². The molecule has 6 nitrogen and oxygen atoms in total. The summed E-state index contributed by atoms with van der Waals surface area (Å²) in [5, 5.41) is 7.74. The van der Waals surface area contributed by atoms with Crippen molar-refractivity contribution in [3.05, 3.63) is 34.7 Å². The van der Waals surface area contributed by atoms with E-state index in [1.807, 2.05) is 0 Å². The Morgan fingerprint density at radius 2 is 2.13 bits per heavy atom. The van der Waals surface area contributed by atoms with Gasteiger partial charge in [0.05, 0.1) is 17.5 Å². The second-order valence-corrected chi connectivity index (χ2v) is 5.40. The lowest BCUT2D eigenvalue weighted by atomic mass is 10.2. The van der Waals surface area contributed by atoms with Crippen LogP contribution in [0.1, 0.15) is 47.8 Å². The van der Waals surface area contributed by atoms with Gasteiger partial charge in [0, 0.05) is 18.7 Å². The first-order valence-corrected chi connectivity index (χ1v) is 7.11. The summed E-state index contributed by atoms with van der Waals surface area (Å²) in [5.74, 6) is -0.352. The fourth-order valence-corrected chi connectivity index (χ4v) is 2.18. The predicted octanol–water partition coefficient (Wildman–Crippen LogP) is 2.92. The van der Waals surface area contributed by atoms with Gasteiger partial charge in [0.1, 0.15) is 5.69 Å². The van der Waals surface area contributed by atoms with Gasteiger partial charge >= 0.3 is 0 Å². The van der Waals surface area contributed by atoms with Gasteiger partial charge in [-0.15, -0.1) is 0 Å². The molecule has 0 radical (unpaired) electrons. The molecule has 1 aliphatic carbocycles. The Morgan fingerprint density at radius 1 is 1.39 bits per heavy atom. The Hall–Kier alpha value is -2.45. The van der Waals surface area contributed by atoms with Crippen LogP contribution >= 0.6 is 0 Å². The molecule has 23 heavy (non-hydrogen) atoms. The van der Waals surface area contributed by atoms with Gasteiger partial charge in [-0.3, -0.25) is 0 Å². The molecular formula is C14H15F3N6. The van der Waals surface area contributed by atoms with E-state index in [0.717, 1.165) is 17.5 Å². The minimum absolute atomic E-state index is 0.0251. The van der Waals surface area contributed by atoms with Crippen LogP contribution in [0.25, 0.3) is 0 Å². The molecule has 0 atom stereocenters. The maximum atomic E-state index is 13.7. The number of hydrogen-bond acceptors (Lipinski definition) is 5. The maximum Gasteiger partial charge on any atom is 0.280 e. The van der Waals surface area contributed by atoms with Crippen LogP contribution in [0, 0.1) is 12.9 Å². The van der Waals surface area contributed by atoms with Crippen molar-refractivity contribution in [3.8, 4) is 0 Å². The summed E-state index contributed by atoms with van der Waals surface area (Å²) in [6, 6.07) is 1.32. The quantitative estimate of drug-likeness (QED) is 0.678. The van der Waals surface area contributed by atoms with Crippen LogP contribution in [0.3, 0.4) is 0 Å². The van der Waals surface area contributed by atoms with Crippen molar-refractivity contribution in [1.29, 1.82) is 0 Å². The van der Waals surface area contributed by atoms with Crippen LogP contribution in [0.15, 0.2) is 11.2 Å². The van der Waals surface area contributed by atoms with E-state index in [9.17, 15) is 13.2 Å². The molecule has 3 rings (SSSR count). The average Bonchev–Trinajstić information content (AvgIpc) is 3.31. The lowest BCUT2D eigenvalue weighted by Crippen LogP contribution is -2.04.